The summed E-state index contributed by atoms with van der Waals surface area (Å²) in [7, 11) is 0. The number of carbonyl (C=O) groups is 1. The van der Waals surface area contributed by atoms with Crippen LogP contribution < -0.4 is 0 Å². The van der Waals surface area contributed by atoms with E-state index in [-0.39, 0.29) is 11.7 Å². The predicted octanol–water partition coefficient (Wildman–Crippen LogP) is 3.18. The Morgan fingerprint density at radius 3 is 2.83 bits per heavy atom. The summed E-state index contributed by atoms with van der Waals surface area (Å²) in [6, 6.07) is 6.28. The summed E-state index contributed by atoms with van der Waals surface area (Å²) in [6.07, 6.45) is 2.32. The van der Waals surface area contributed by atoms with Gasteiger partial charge < -0.3 is 4.90 Å². The van der Waals surface area contributed by atoms with Crippen LogP contribution in [0.25, 0.3) is 0 Å². The molecule has 2 rings (SSSR count). The third kappa shape index (κ3) is 3.73. The third-order valence-corrected chi connectivity index (χ3v) is 4.18. The van der Waals surface area contributed by atoms with Crippen molar-refractivity contribution >= 4 is 17.7 Å². The highest BCUT2D eigenvalue weighted by Gasteiger charge is 2.20. The largest absolute Gasteiger partial charge is 0.342 e. The molecule has 2 nitrogen and oxygen atoms in total. The molecule has 1 aliphatic heterocycles. The summed E-state index contributed by atoms with van der Waals surface area (Å²) in [5.41, 5.74) is 0. The van der Waals surface area contributed by atoms with Crippen molar-refractivity contribution in [3.63, 3.8) is 0 Å². The maximum absolute atomic E-state index is 12.7. The number of amides is 1. The molecule has 4 heteroatoms. The number of benzene rings is 1. The normalized spacial score (nSPS) is 19.9. The van der Waals surface area contributed by atoms with E-state index in [4.69, 9.17) is 0 Å². The summed E-state index contributed by atoms with van der Waals surface area (Å²) in [6.45, 7) is 3.95. The standard InChI is InChI=1S/C14H18FNOS/c1-11-3-2-8-16(9-11)14(17)10-18-13-6-4-12(15)5-7-13/h4-7,11H,2-3,8-10H2,1H3. The van der Waals surface area contributed by atoms with Gasteiger partial charge in [-0.3, -0.25) is 4.79 Å². The lowest BCUT2D eigenvalue weighted by Crippen LogP contribution is -2.40. The third-order valence-electron chi connectivity index (χ3n) is 3.19. The lowest BCUT2D eigenvalue weighted by Gasteiger charge is -2.30. The van der Waals surface area contributed by atoms with Crippen LogP contribution in [0.5, 0.6) is 0 Å². The Hall–Kier alpha value is -1.03. The average molecular weight is 267 g/mol. The van der Waals surface area contributed by atoms with E-state index in [0.717, 1.165) is 24.4 Å². The molecule has 1 aromatic rings. The molecule has 1 aromatic carbocycles. The topological polar surface area (TPSA) is 20.3 Å². The van der Waals surface area contributed by atoms with Crippen LogP contribution in [0.15, 0.2) is 29.2 Å². The van der Waals surface area contributed by atoms with E-state index in [9.17, 15) is 9.18 Å². The molecule has 0 bridgehead atoms. The van der Waals surface area contributed by atoms with Gasteiger partial charge in [0.05, 0.1) is 5.75 Å². The maximum atomic E-state index is 12.7. The molecular formula is C14H18FNOS. The van der Waals surface area contributed by atoms with E-state index in [1.165, 1.54) is 30.3 Å². The zero-order valence-electron chi connectivity index (χ0n) is 10.6. The number of nitrogens with zero attached hydrogens (tertiary/aromatic N) is 1. The summed E-state index contributed by atoms with van der Waals surface area (Å²) in [5.74, 6) is 1.00. The van der Waals surface area contributed by atoms with Gasteiger partial charge in [-0.05, 0) is 43.0 Å². The van der Waals surface area contributed by atoms with Crippen LogP contribution in [0.3, 0.4) is 0 Å². The Balaban J connectivity index is 1.82. The smallest absolute Gasteiger partial charge is 0.232 e. The van der Waals surface area contributed by atoms with Crippen LogP contribution in [-0.2, 0) is 4.79 Å². The first-order valence-corrected chi connectivity index (χ1v) is 7.30. The fourth-order valence-corrected chi connectivity index (χ4v) is 2.98. The van der Waals surface area contributed by atoms with Gasteiger partial charge in [0, 0.05) is 18.0 Å². The minimum Gasteiger partial charge on any atom is -0.342 e. The van der Waals surface area contributed by atoms with Gasteiger partial charge in [0.25, 0.3) is 0 Å². The second-order valence-corrected chi connectivity index (χ2v) is 5.88. The number of hydrogen-bond acceptors (Lipinski definition) is 2. The number of likely N-dealkylation sites (tertiary alicyclic amines) is 1. The summed E-state index contributed by atoms with van der Waals surface area (Å²) >= 11 is 1.47. The molecule has 1 heterocycles. The molecule has 1 unspecified atom stereocenters. The van der Waals surface area contributed by atoms with Crippen molar-refractivity contribution in [3.8, 4) is 0 Å². The first-order chi connectivity index (χ1) is 8.65. The molecule has 0 aliphatic carbocycles. The van der Waals surface area contributed by atoms with Gasteiger partial charge in [0.1, 0.15) is 5.82 Å². The fraction of sp³-hybridized carbons (Fsp3) is 0.500. The monoisotopic (exact) mass is 267 g/mol. The molecule has 0 spiro atoms. The molecule has 0 aromatic heterocycles. The minimum absolute atomic E-state index is 0.191. The first-order valence-electron chi connectivity index (χ1n) is 6.31. The zero-order chi connectivity index (χ0) is 13.0. The minimum atomic E-state index is -0.240. The van der Waals surface area contributed by atoms with Crippen LogP contribution in [-0.4, -0.2) is 29.6 Å². The molecule has 1 aliphatic rings. The van der Waals surface area contributed by atoms with E-state index in [0.29, 0.717) is 11.7 Å². The number of rotatable bonds is 3. The van der Waals surface area contributed by atoms with Gasteiger partial charge >= 0.3 is 0 Å². The average Bonchev–Trinajstić information content (AvgIpc) is 2.38. The molecule has 0 N–H and O–H groups in total. The van der Waals surface area contributed by atoms with Crippen molar-refractivity contribution in [2.24, 2.45) is 5.92 Å². The van der Waals surface area contributed by atoms with Gasteiger partial charge in [-0.2, -0.15) is 0 Å². The molecule has 0 radical (unpaired) electrons. The van der Waals surface area contributed by atoms with E-state index in [1.807, 2.05) is 4.90 Å². The van der Waals surface area contributed by atoms with Gasteiger partial charge in [-0.25, -0.2) is 4.39 Å². The summed E-state index contributed by atoms with van der Waals surface area (Å²) in [5, 5.41) is 0. The highest BCUT2D eigenvalue weighted by molar-refractivity contribution is 8.00. The van der Waals surface area contributed by atoms with E-state index >= 15 is 0 Å². The molecule has 1 amide bonds. The van der Waals surface area contributed by atoms with Crippen molar-refractivity contribution in [1.82, 2.24) is 4.90 Å². The van der Waals surface area contributed by atoms with Crippen molar-refractivity contribution in [2.75, 3.05) is 18.8 Å². The van der Waals surface area contributed by atoms with Crippen LogP contribution in [0.2, 0.25) is 0 Å². The lowest BCUT2D eigenvalue weighted by molar-refractivity contribution is -0.130. The second-order valence-electron chi connectivity index (χ2n) is 4.83. The zero-order valence-corrected chi connectivity index (χ0v) is 11.4. The van der Waals surface area contributed by atoms with Crippen LogP contribution >= 0.6 is 11.8 Å². The lowest BCUT2D eigenvalue weighted by atomic mass is 10.0. The summed E-state index contributed by atoms with van der Waals surface area (Å²) < 4.78 is 12.7. The van der Waals surface area contributed by atoms with Crippen molar-refractivity contribution in [1.29, 1.82) is 0 Å². The maximum Gasteiger partial charge on any atom is 0.232 e. The fourth-order valence-electron chi connectivity index (χ4n) is 2.18. The van der Waals surface area contributed by atoms with E-state index in [2.05, 4.69) is 6.92 Å². The van der Waals surface area contributed by atoms with Gasteiger partial charge in [0.15, 0.2) is 0 Å². The van der Waals surface area contributed by atoms with Gasteiger partial charge in [-0.1, -0.05) is 6.92 Å². The second kappa shape index (κ2) is 6.23. The Morgan fingerprint density at radius 2 is 2.17 bits per heavy atom. The van der Waals surface area contributed by atoms with Crippen molar-refractivity contribution in [3.05, 3.63) is 30.1 Å². The number of piperidine rings is 1. The van der Waals surface area contributed by atoms with Crippen molar-refractivity contribution in [2.45, 2.75) is 24.7 Å². The summed E-state index contributed by atoms with van der Waals surface area (Å²) in [4.78, 5) is 14.9. The SMILES string of the molecule is CC1CCCN(C(=O)CSc2ccc(F)cc2)C1. The van der Waals surface area contributed by atoms with Crippen molar-refractivity contribution < 1.29 is 9.18 Å². The van der Waals surface area contributed by atoms with Gasteiger partial charge in [0.2, 0.25) is 5.91 Å². The number of thioether (sulfide) groups is 1. The molecule has 1 atom stereocenters. The van der Waals surface area contributed by atoms with Crippen LogP contribution in [0.1, 0.15) is 19.8 Å². The Morgan fingerprint density at radius 1 is 1.44 bits per heavy atom. The Kier molecular flexibility index (Phi) is 4.64. The highest BCUT2D eigenvalue weighted by atomic mass is 32.2. The number of hydrogen-bond donors (Lipinski definition) is 0. The molecule has 1 saturated heterocycles. The number of halogens is 1. The number of carbonyl (C=O) groups excluding carboxylic acids is 1. The Labute approximate surface area is 112 Å². The van der Waals surface area contributed by atoms with E-state index in [1.54, 1.807) is 12.1 Å². The predicted molar refractivity (Wildman–Crippen MR) is 72.1 cm³/mol. The first kappa shape index (κ1) is 13.4. The molecule has 0 saturated carbocycles. The highest BCUT2D eigenvalue weighted by Crippen LogP contribution is 2.21. The van der Waals surface area contributed by atoms with Crippen LogP contribution in [0.4, 0.5) is 4.39 Å². The molecule has 18 heavy (non-hydrogen) atoms. The quantitative estimate of drug-likeness (QED) is 0.784. The molecule has 1 fully saturated rings. The van der Waals surface area contributed by atoms with E-state index < -0.39 is 0 Å². The van der Waals surface area contributed by atoms with Gasteiger partial charge in [-0.15, -0.1) is 11.8 Å². The molecular weight excluding hydrogens is 249 g/mol. The van der Waals surface area contributed by atoms with Crippen LogP contribution in [0, 0.1) is 11.7 Å². The Bertz CT molecular complexity index is 407. The molecule has 98 valence electrons.